The number of rotatable bonds is 9. The van der Waals surface area contributed by atoms with Crippen LogP contribution in [0.3, 0.4) is 0 Å². The molecule has 1 heterocycles. The van der Waals surface area contributed by atoms with Crippen molar-refractivity contribution in [1.29, 1.82) is 0 Å². The molecule has 170 valence electrons. The van der Waals surface area contributed by atoms with E-state index in [2.05, 4.69) is 16.0 Å². The Kier molecular flexibility index (Phi) is 6.90. The summed E-state index contributed by atoms with van der Waals surface area (Å²) in [5, 5.41) is 0.930. The second-order valence-corrected chi connectivity index (χ2v) is 7.23. The molecule has 0 N–H and O–H groups in total. The van der Waals surface area contributed by atoms with Crippen LogP contribution in [0, 0.1) is 0 Å². The first-order valence-electron chi connectivity index (χ1n) is 10.5. The summed E-state index contributed by atoms with van der Waals surface area (Å²) in [6.45, 7) is 0.942. The molecule has 1 aromatic heterocycles. The van der Waals surface area contributed by atoms with E-state index in [1.165, 1.54) is 0 Å². The molecule has 0 atom stereocenters. The standard InChI is InChI=1S/C26H26N2O5/c1-29-11-12-33-23-10-7-19(15-25(23)32-4)26-20-13-17(5-8-21(20)27-16-28-26)18-6-9-22(30-2)24(14-18)31-3/h5-10,13-16H,11-12H2,1-4H3. The largest absolute Gasteiger partial charge is 0.493 e. The summed E-state index contributed by atoms with van der Waals surface area (Å²) in [7, 11) is 6.51. The zero-order valence-corrected chi connectivity index (χ0v) is 19.1. The molecule has 0 unspecified atom stereocenters. The van der Waals surface area contributed by atoms with Gasteiger partial charge < -0.3 is 23.7 Å². The normalized spacial score (nSPS) is 10.8. The Morgan fingerprint density at radius 3 is 2.00 bits per heavy atom. The average molecular weight is 447 g/mol. The molecule has 33 heavy (non-hydrogen) atoms. The molecule has 0 aliphatic rings. The van der Waals surface area contributed by atoms with E-state index in [1.54, 1.807) is 34.8 Å². The van der Waals surface area contributed by atoms with Gasteiger partial charge in [-0.05, 0) is 53.6 Å². The van der Waals surface area contributed by atoms with E-state index in [0.29, 0.717) is 36.2 Å². The van der Waals surface area contributed by atoms with Crippen LogP contribution >= 0.6 is 0 Å². The van der Waals surface area contributed by atoms with Gasteiger partial charge in [-0.3, -0.25) is 0 Å². The minimum atomic E-state index is 0.442. The SMILES string of the molecule is COCCOc1ccc(-c2ncnc3ccc(-c4ccc(OC)c(OC)c4)cc23)cc1OC. The van der Waals surface area contributed by atoms with Gasteiger partial charge >= 0.3 is 0 Å². The van der Waals surface area contributed by atoms with Crippen molar-refractivity contribution in [3.05, 3.63) is 60.9 Å². The molecular formula is C26H26N2O5. The topological polar surface area (TPSA) is 71.9 Å². The lowest BCUT2D eigenvalue weighted by Crippen LogP contribution is -2.05. The predicted molar refractivity (Wildman–Crippen MR) is 127 cm³/mol. The quantitative estimate of drug-likeness (QED) is 0.335. The fourth-order valence-electron chi connectivity index (χ4n) is 3.65. The van der Waals surface area contributed by atoms with E-state index < -0.39 is 0 Å². The van der Waals surface area contributed by atoms with Crippen LogP contribution < -0.4 is 18.9 Å². The maximum atomic E-state index is 5.76. The zero-order chi connectivity index (χ0) is 23.2. The van der Waals surface area contributed by atoms with Crippen LogP contribution in [0.4, 0.5) is 0 Å². The maximum absolute atomic E-state index is 5.76. The van der Waals surface area contributed by atoms with Gasteiger partial charge in [0.05, 0.1) is 39.1 Å². The summed E-state index contributed by atoms with van der Waals surface area (Å²) in [6, 6.07) is 17.7. The first-order valence-corrected chi connectivity index (χ1v) is 10.5. The molecule has 4 rings (SSSR count). The first kappa shape index (κ1) is 22.4. The molecule has 7 nitrogen and oxygen atoms in total. The lowest BCUT2D eigenvalue weighted by Gasteiger charge is -2.13. The molecule has 0 aliphatic heterocycles. The van der Waals surface area contributed by atoms with Crippen molar-refractivity contribution in [3.8, 4) is 45.4 Å². The van der Waals surface area contributed by atoms with E-state index in [1.807, 2.05) is 48.5 Å². The Labute approximate surface area is 192 Å². The van der Waals surface area contributed by atoms with Gasteiger partial charge in [0, 0.05) is 18.1 Å². The van der Waals surface area contributed by atoms with Crippen LogP contribution in [0.2, 0.25) is 0 Å². The van der Waals surface area contributed by atoms with Crippen molar-refractivity contribution in [1.82, 2.24) is 9.97 Å². The van der Waals surface area contributed by atoms with Crippen molar-refractivity contribution < 1.29 is 23.7 Å². The van der Waals surface area contributed by atoms with Crippen LogP contribution in [0.15, 0.2) is 60.9 Å². The molecule has 0 saturated carbocycles. The average Bonchev–Trinajstić information content (AvgIpc) is 2.87. The number of hydrogen-bond donors (Lipinski definition) is 0. The number of hydrogen-bond acceptors (Lipinski definition) is 7. The van der Waals surface area contributed by atoms with Crippen molar-refractivity contribution in [2.75, 3.05) is 41.7 Å². The molecule has 3 aromatic carbocycles. The minimum absolute atomic E-state index is 0.442. The lowest BCUT2D eigenvalue weighted by molar-refractivity contribution is 0.144. The summed E-state index contributed by atoms with van der Waals surface area (Å²) >= 11 is 0. The van der Waals surface area contributed by atoms with Crippen molar-refractivity contribution in [2.45, 2.75) is 0 Å². The van der Waals surface area contributed by atoms with Gasteiger partial charge in [0.15, 0.2) is 23.0 Å². The Balaban J connectivity index is 1.77. The van der Waals surface area contributed by atoms with Crippen molar-refractivity contribution in [3.63, 3.8) is 0 Å². The summed E-state index contributed by atoms with van der Waals surface area (Å²) in [5.41, 5.74) is 4.59. The third-order valence-electron chi connectivity index (χ3n) is 5.33. The van der Waals surface area contributed by atoms with E-state index in [4.69, 9.17) is 23.7 Å². The van der Waals surface area contributed by atoms with Gasteiger partial charge in [0.1, 0.15) is 12.9 Å². The molecule has 4 aromatic rings. The Bertz CT molecular complexity index is 1260. The summed E-state index contributed by atoms with van der Waals surface area (Å²) in [4.78, 5) is 9.03. The summed E-state index contributed by atoms with van der Waals surface area (Å²) < 4.78 is 27.2. The highest BCUT2D eigenvalue weighted by Crippen LogP contribution is 2.37. The fourth-order valence-corrected chi connectivity index (χ4v) is 3.65. The molecule has 0 fully saturated rings. The van der Waals surface area contributed by atoms with Crippen molar-refractivity contribution in [2.24, 2.45) is 0 Å². The van der Waals surface area contributed by atoms with Crippen LogP contribution in [-0.2, 0) is 4.74 Å². The third kappa shape index (κ3) is 4.68. The molecular weight excluding hydrogens is 420 g/mol. The van der Waals surface area contributed by atoms with Crippen LogP contribution in [0.25, 0.3) is 33.3 Å². The van der Waals surface area contributed by atoms with Gasteiger partial charge in [0.25, 0.3) is 0 Å². The molecule has 0 spiro atoms. The third-order valence-corrected chi connectivity index (χ3v) is 5.33. The van der Waals surface area contributed by atoms with Gasteiger partial charge in [0.2, 0.25) is 0 Å². The van der Waals surface area contributed by atoms with E-state index >= 15 is 0 Å². The molecule has 0 radical (unpaired) electrons. The van der Waals surface area contributed by atoms with Gasteiger partial charge in [-0.1, -0.05) is 12.1 Å². The van der Waals surface area contributed by atoms with Crippen LogP contribution in [0.5, 0.6) is 23.0 Å². The van der Waals surface area contributed by atoms with Gasteiger partial charge in [-0.15, -0.1) is 0 Å². The monoisotopic (exact) mass is 446 g/mol. The van der Waals surface area contributed by atoms with Crippen LogP contribution in [-0.4, -0.2) is 51.6 Å². The number of nitrogens with zero attached hydrogens (tertiary/aromatic N) is 2. The second kappa shape index (κ2) is 10.2. The summed E-state index contributed by atoms with van der Waals surface area (Å²) in [5.74, 6) is 2.65. The van der Waals surface area contributed by atoms with E-state index in [-0.39, 0.29) is 0 Å². The Hall–Kier alpha value is -3.84. The van der Waals surface area contributed by atoms with Crippen molar-refractivity contribution >= 4 is 10.9 Å². The Morgan fingerprint density at radius 1 is 0.606 bits per heavy atom. The van der Waals surface area contributed by atoms with Crippen LogP contribution in [0.1, 0.15) is 0 Å². The van der Waals surface area contributed by atoms with Gasteiger partial charge in [-0.25, -0.2) is 9.97 Å². The van der Waals surface area contributed by atoms with E-state index in [0.717, 1.165) is 33.3 Å². The maximum Gasteiger partial charge on any atom is 0.161 e. The molecule has 0 bridgehead atoms. The smallest absolute Gasteiger partial charge is 0.161 e. The Morgan fingerprint density at radius 2 is 1.24 bits per heavy atom. The minimum Gasteiger partial charge on any atom is -0.493 e. The number of ether oxygens (including phenoxy) is 5. The molecule has 7 heteroatoms. The number of fused-ring (bicyclic) bond motifs is 1. The lowest BCUT2D eigenvalue weighted by atomic mass is 10.00. The van der Waals surface area contributed by atoms with Gasteiger partial charge in [-0.2, -0.15) is 0 Å². The molecule has 0 amide bonds. The number of benzene rings is 3. The first-order chi connectivity index (χ1) is 16.2. The second-order valence-electron chi connectivity index (χ2n) is 7.23. The highest BCUT2D eigenvalue weighted by Gasteiger charge is 2.13. The molecule has 0 aliphatic carbocycles. The highest BCUT2D eigenvalue weighted by atomic mass is 16.5. The number of aromatic nitrogens is 2. The molecule has 0 saturated heterocycles. The number of methoxy groups -OCH3 is 4. The predicted octanol–water partition coefficient (Wildman–Crippen LogP) is 5.01. The summed E-state index contributed by atoms with van der Waals surface area (Å²) in [6.07, 6.45) is 1.57. The fraction of sp³-hybridized carbons (Fsp3) is 0.231. The van der Waals surface area contributed by atoms with E-state index in [9.17, 15) is 0 Å². The highest BCUT2D eigenvalue weighted by molar-refractivity contribution is 5.95. The zero-order valence-electron chi connectivity index (χ0n) is 19.1.